The summed E-state index contributed by atoms with van der Waals surface area (Å²) in [5, 5.41) is 25.9. The van der Waals surface area contributed by atoms with Gasteiger partial charge in [-0.3, -0.25) is 4.98 Å². The van der Waals surface area contributed by atoms with Crippen LogP contribution in [0, 0.1) is 0 Å². The molecular weight excluding hydrogens is 408 g/mol. The molecule has 0 radical (unpaired) electrons. The average Bonchev–Trinajstić information content (AvgIpc) is 3.51. The van der Waals surface area contributed by atoms with Crippen LogP contribution < -0.4 is 0 Å². The van der Waals surface area contributed by atoms with Crippen LogP contribution in [0.4, 0.5) is 0 Å². The number of benzene rings is 1. The number of aliphatic hydroxyl groups is 2. The van der Waals surface area contributed by atoms with E-state index in [0.717, 1.165) is 32.9 Å². The summed E-state index contributed by atoms with van der Waals surface area (Å²) in [6.45, 7) is 0. The predicted molar refractivity (Wildman–Crippen MR) is 119 cm³/mol. The van der Waals surface area contributed by atoms with Gasteiger partial charge in [-0.2, -0.15) is 0 Å². The Balaban J connectivity index is 1.40. The molecule has 4 heterocycles. The molecule has 5 aromatic rings. The number of thiazole rings is 1. The third kappa shape index (κ3) is 2.82. The van der Waals surface area contributed by atoms with E-state index in [0.29, 0.717) is 16.8 Å². The Kier molecular flexibility index (Phi) is 4.04. The zero-order valence-electron chi connectivity index (χ0n) is 16.4. The molecule has 0 spiro atoms. The lowest BCUT2D eigenvalue weighted by molar-refractivity contribution is 0.0389. The molecule has 0 amide bonds. The Bertz CT molecular complexity index is 1430. The van der Waals surface area contributed by atoms with Gasteiger partial charge in [-0.05, 0) is 29.8 Å². The van der Waals surface area contributed by atoms with Gasteiger partial charge in [-0.15, -0.1) is 11.3 Å². The fourth-order valence-electron chi connectivity index (χ4n) is 4.37. The van der Waals surface area contributed by atoms with Crippen LogP contribution in [-0.4, -0.2) is 30.1 Å². The van der Waals surface area contributed by atoms with Crippen LogP contribution in [0.25, 0.3) is 32.9 Å². The van der Waals surface area contributed by atoms with Crippen LogP contribution in [-0.2, 0) is 5.60 Å². The van der Waals surface area contributed by atoms with Crippen molar-refractivity contribution in [3.05, 3.63) is 89.3 Å². The smallest absolute Gasteiger partial charge is 0.137 e. The monoisotopic (exact) mass is 426 g/mol. The van der Waals surface area contributed by atoms with E-state index in [1.807, 2.05) is 54.0 Å². The molecule has 152 valence electrons. The molecule has 1 aliphatic carbocycles. The lowest BCUT2D eigenvalue weighted by atomic mass is 9.89. The maximum atomic E-state index is 11.5. The lowest BCUT2D eigenvalue weighted by Crippen LogP contribution is -2.25. The number of hydrogen-bond donors (Lipinski definition) is 3. The van der Waals surface area contributed by atoms with Crippen LogP contribution >= 0.6 is 11.3 Å². The summed E-state index contributed by atoms with van der Waals surface area (Å²) in [7, 11) is 0. The van der Waals surface area contributed by atoms with Crippen LogP contribution in [0.1, 0.15) is 29.3 Å². The molecule has 7 heteroatoms. The second kappa shape index (κ2) is 6.81. The van der Waals surface area contributed by atoms with Crippen LogP contribution in [0.2, 0.25) is 0 Å². The summed E-state index contributed by atoms with van der Waals surface area (Å²) >= 11 is 1.57. The molecule has 0 saturated heterocycles. The normalized spacial score (nSPS) is 20.3. The van der Waals surface area contributed by atoms with Crippen molar-refractivity contribution in [2.45, 2.75) is 18.1 Å². The zero-order chi connectivity index (χ0) is 21.0. The van der Waals surface area contributed by atoms with Crippen molar-refractivity contribution in [2.24, 2.45) is 0 Å². The van der Waals surface area contributed by atoms with Crippen LogP contribution in [0.3, 0.4) is 0 Å². The molecule has 4 aromatic heterocycles. The third-order valence-corrected chi connectivity index (χ3v) is 6.78. The molecule has 6 nitrogen and oxygen atoms in total. The number of hydrogen-bond acceptors (Lipinski definition) is 6. The molecular formula is C24H18N4O2S. The van der Waals surface area contributed by atoms with E-state index in [2.05, 4.69) is 15.0 Å². The summed E-state index contributed by atoms with van der Waals surface area (Å²) in [6, 6.07) is 15.2. The minimum absolute atomic E-state index is 0.188. The lowest BCUT2D eigenvalue weighted by Gasteiger charge is -2.24. The molecule has 2 atom stereocenters. The molecule has 0 fully saturated rings. The number of fused-ring (bicyclic) bond motifs is 2. The van der Waals surface area contributed by atoms with Crippen molar-refractivity contribution in [2.75, 3.05) is 0 Å². The summed E-state index contributed by atoms with van der Waals surface area (Å²) in [6.07, 6.45) is 4.79. The van der Waals surface area contributed by atoms with E-state index >= 15 is 0 Å². The molecule has 31 heavy (non-hydrogen) atoms. The van der Waals surface area contributed by atoms with Crippen molar-refractivity contribution in [1.82, 2.24) is 19.9 Å². The number of H-pyrrole nitrogens is 1. The number of aromatic amines is 1. The topological polar surface area (TPSA) is 94.9 Å². The van der Waals surface area contributed by atoms with Gasteiger partial charge in [-0.25, -0.2) is 9.97 Å². The summed E-state index contributed by atoms with van der Waals surface area (Å²) in [5.41, 5.74) is 4.17. The van der Waals surface area contributed by atoms with Gasteiger partial charge in [0.15, 0.2) is 0 Å². The predicted octanol–water partition coefficient (Wildman–Crippen LogP) is 4.42. The molecule has 0 unspecified atom stereocenters. The van der Waals surface area contributed by atoms with Gasteiger partial charge in [0.2, 0.25) is 0 Å². The van der Waals surface area contributed by atoms with Crippen LogP contribution in [0.15, 0.2) is 72.5 Å². The Morgan fingerprint density at radius 3 is 2.87 bits per heavy atom. The maximum absolute atomic E-state index is 11.5. The standard InChI is InChI=1S/C24H18N4O2S/c29-20-11-24(30,21-17(20)7-3-8-25-21)15-5-1-4-14(10-15)19-13-31-23(28-19)18-12-27-22-16(18)6-2-9-26-22/h1-10,12-13,20,29-30H,11H2,(H,26,27)/t20-,24-/m1/s1. The van der Waals surface area contributed by atoms with E-state index in [1.54, 1.807) is 29.8 Å². The highest BCUT2D eigenvalue weighted by Gasteiger charge is 2.44. The number of nitrogens with one attached hydrogen (secondary N) is 1. The Morgan fingerprint density at radius 2 is 1.94 bits per heavy atom. The van der Waals surface area contributed by atoms with Crippen molar-refractivity contribution in [3.63, 3.8) is 0 Å². The fraction of sp³-hybridized carbons (Fsp3) is 0.125. The fourth-order valence-corrected chi connectivity index (χ4v) is 5.23. The molecule has 1 aliphatic rings. The highest BCUT2D eigenvalue weighted by molar-refractivity contribution is 7.13. The third-order valence-electron chi connectivity index (χ3n) is 5.90. The quantitative estimate of drug-likeness (QED) is 0.397. The van der Waals surface area contributed by atoms with Gasteiger partial charge >= 0.3 is 0 Å². The van der Waals surface area contributed by atoms with Gasteiger partial charge < -0.3 is 15.2 Å². The van der Waals surface area contributed by atoms with Gasteiger partial charge in [0.25, 0.3) is 0 Å². The Morgan fingerprint density at radius 1 is 1.06 bits per heavy atom. The van der Waals surface area contributed by atoms with Crippen molar-refractivity contribution >= 4 is 22.4 Å². The molecule has 0 saturated carbocycles. The van der Waals surface area contributed by atoms with Gasteiger partial charge in [0.05, 0.1) is 17.5 Å². The number of aromatic nitrogens is 4. The SMILES string of the molecule is O[C@@H]1C[C@@](O)(c2cccc(-c3csc(-c4c[nH]c5ncccc45)n3)c2)c2ncccc21. The first kappa shape index (κ1) is 18.4. The second-order valence-corrected chi connectivity index (χ2v) is 8.60. The largest absolute Gasteiger partial charge is 0.388 e. The Labute approximate surface area is 181 Å². The second-order valence-electron chi connectivity index (χ2n) is 7.74. The molecule has 3 N–H and O–H groups in total. The zero-order valence-corrected chi connectivity index (χ0v) is 17.2. The van der Waals surface area contributed by atoms with Crippen molar-refractivity contribution in [3.8, 4) is 21.8 Å². The highest BCUT2D eigenvalue weighted by atomic mass is 32.1. The highest BCUT2D eigenvalue weighted by Crippen LogP contribution is 2.46. The maximum Gasteiger partial charge on any atom is 0.137 e. The van der Waals surface area contributed by atoms with E-state index in [4.69, 9.17) is 4.98 Å². The number of pyridine rings is 2. The number of nitrogens with zero attached hydrogens (tertiary/aromatic N) is 3. The molecule has 6 rings (SSSR count). The van der Waals surface area contributed by atoms with Gasteiger partial charge in [-0.1, -0.05) is 24.3 Å². The van der Waals surface area contributed by atoms with Crippen molar-refractivity contribution < 1.29 is 10.2 Å². The van der Waals surface area contributed by atoms with Crippen LogP contribution in [0.5, 0.6) is 0 Å². The number of aliphatic hydroxyl groups excluding tert-OH is 1. The van der Waals surface area contributed by atoms with Gasteiger partial charge in [0, 0.05) is 52.5 Å². The first-order chi connectivity index (χ1) is 15.1. The van der Waals surface area contributed by atoms with E-state index in [-0.39, 0.29) is 6.42 Å². The van der Waals surface area contributed by atoms with E-state index in [9.17, 15) is 10.2 Å². The summed E-state index contributed by atoms with van der Waals surface area (Å²) < 4.78 is 0. The van der Waals surface area contributed by atoms with E-state index < -0.39 is 11.7 Å². The summed E-state index contributed by atoms with van der Waals surface area (Å²) in [5.74, 6) is 0. The first-order valence-corrected chi connectivity index (χ1v) is 10.9. The van der Waals surface area contributed by atoms with Gasteiger partial charge in [0.1, 0.15) is 16.3 Å². The molecule has 0 bridgehead atoms. The number of rotatable bonds is 3. The van der Waals surface area contributed by atoms with Crippen molar-refractivity contribution in [1.29, 1.82) is 0 Å². The molecule has 1 aromatic carbocycles. The minimum atomic E-state index is -1.33. The van der Waals surface area contributed by atoms with E-state index in [1.165, 1.54) is 0 Å². The Hall–Kier alpha value is -3.39. The summed E-state index contributed by atoms with van der Waals surface area (Å²) in [4.78, 5) is 16.8. The molecule has 0 aliphatic heterocycles. The minimum Gasteiger partial charge on any atom is -0.388 e. The first-order valence-electron chi connectivity index (χ1n) is 9.98. The average molecular weight is 427 g/mol.